The van der Waals surface area contributed by atoms with Crippen molar-refractivity contribution in [2.75, 3.05) is 4.90 Å². The predicted octanol–water partition coefficient (Wildman–Crippen LogP) is 14.2. The van der Waals surface area contributed by atoms with Crippen LogP contribution in [0.5, 0.6) is 0 Å². The van der Waals surface area contributed by atoms with Gasteiger partial charge in [0.1, 0.15) is 27.8 Å². The molecule has 0 aliphatic rings. The molecule has 0 saturated heterocycles. The van der Waals surface area contributed by atoms with Crippen LogP contribution in [0.15, 0.2) is 183 Å². The van der Waals surface area contributed by atoms with Gasteiger partial charge in [0, 0.05) is 61.0 Å². The summed E-state index contributed by atoms with van der Waals surface area (Å²) in [5.41, 5.74) is 9.02. The van der Waals surface area contributed by atoms with Crippen LogP contribution < -0.4 is 4.90 Å². The van der Waals surface area contributed by atoms with Crippen molar-refractivity contribution in [3.05, 3.63) is 170 Å². The summed E-state index contributed by atoms with van der Waals surface area (Å²) in [5.74, 6) is 0.609. The average molecular weight is 693 g/mol. The molecule has 12 rings (SSSR count). The van der Waals surface area contributed by atoms with Crippen molar-refractivity contribution in [2.24, 2.45) is 0 Å². The van der Waals surface area contributed by atoms with Crippen molar-refractivity contribution in [3.63, 3.8) is 0 Å². The molecular weight excluding hydrogens is 665 g/mol. The Bertz CT molecular complexity index is 3460. The molecule has 0 aliphatic carbocycles. The smallest absolute Gasteiger partial charge is 0.227 e. The highest BCUT2D eigenvalue weighted by atomic mass is 16.3. The van der Waals surface area contributed by atoms with E-state index in [4.69, 9.17) is 18.2 Å². The molecular formula is C49H28N2O3. The molecule has 0 unspecified atom stereocenters. The number of hydrogen-bond acceptors (Lipinski definition) is 5. The minimum absolute atomic E-state index is 0.609. The molecule has 0 saturated carbocycles. The Hall–Kier alpha value is -7.37. The molecule has 0 spiro atoms. The molecule has 3 aromatic heterocycles. The lowest BCUT2D eigenvalue weighted by Crippen LogP contribution is -2.09. The first-order valence-corrected chi connectivity index (χ1v) is 18.1. The number of aromatic nitrogens is 1. The van der Waals surface area contributed by atoms with Crippen molar-refractivity contribution < 1.29 is 13.3 Å². The number of benzene rings is 9. The summed E-state index contributed by atoms with van der Waals surface area (Å²) in [5, 5.41) is 10.9. The third kappa shape index (κ3) is 4.24. The molecule has 5 nitrogen and oxygen atoms in total. The van der Waals surface area contributed by atoms with Gasteiger partial charge in [-0.2, -0.15) is 0 Å². The van der Waals surface area contributed by atoms with Crippen LogP contribution in [0.25, 0.3) is 98.7 Å². The minimum Gasteiger partial charge on any atom is -0.456 e. The Kier molecular flexibility index (Phi) is 5.99. The van der Waals surface area contributed by atoms with Crippen molar-refractivity contribution in [1.82, 2.24) is 4.98 Å². The molecule has 0 amide bonds. The lowest BCUT2D eigenvalue weighted by atomic mass is 9.95. The summed E-state index contributed by atoms with van der Waals surface area (Å²) in [6, 6.07) is 59.1. The highest BCUT2D eigenvalue weighted by Crippen LogP contribution is 2.45. The fourth-order valence-electron chi connectivity index (χ4n) is 8.37. The zero-order valence-corrected chi connectivity index (χ0v) is 28.8. The van der Waals surface area contributed by atoms with Crippen molar-refractivity contribution in [1.29, 1.82) is 0 Å². The van der Waals surface area contributed by atoms with Crippen LogP contribution in [0.3, 0.4) is 0 Å². The fourth-order valence-corrected chi connectivity index (χ4v) is 8.37. The van der Waals surface area contributed by atoms with E-state index < -0.39 is 0 Å². The topological polar surface area (TPSA) is 55.6 Å². The molecule has 54 heavy (non-hydrogen) atoms. The Morgan fingerprint density at radius 1 is 0.370 bits per heavy atom. The van der Waals surface area contributed by atoms with E-state index in [0.717, 1.165) is 110 Å². The van der Waals surface area contributed by atoms with Crippen LogP contribution in [-0.4, -0.2) is 4.98 Å². The number of furan rings is 2. The summed E-state index contributed by atoms with van der Waals surface area (Å²) in [6.07, 6.45) is 0. The van der Waals surface area contributed by atoms with E-state index in [-0.39, 0.29) is 0 Å². The van der Waals surface area contributed by atoms with Gasteiger partial charge in [0.2, 0.25) is 5.89 Å². The van der Waals surface area contributed by atoms with E-state index >= 15 is 0 Å². The van der Waals surface area contributed by atoms with Crippen molar-refractivity contribution >= 4 is 104 Å². The Balaban J connectivity index is 1.15. The van der Waals surface area contributed by atoms with Gasteiger partial charge in [0.25, 0.3) is 0 Å². The third-order valence-corrected chi connectivity index (χ3v) is 10.8. The van der Waals surface area contributed by atoms with Gasteiger partial charge in [-0.05, 0) is 88.3 Å². The second kappa shape index (κ2) is 11.1. The van der Waals surface area contributed by atoms with Crippen molar-refractivity contribution in [3.8, 4) is 11.5 Å². The molecule has 0 atom stereocenters. The second-order valence-electron chi connectivity index (χ2n) is 13.9. The van der Waals surface area contributed by atoms with Crippen LogP contribution in [0.4, 0.5) is 17.1 Å². The summed E-state index contributed by atoms with van der Waals surface area (Å²) in [4.78, 5) is 7.52. The number of anilines is 3. The van der Waals surface area contributed by atoms with Gasteiger partial charge in [-0.1, -0.05) is 97.1 Å². The van der Waals surface area contributed by atoms with Crippen LogP contribution >= 0.6 is 0 Å². The number of fused-ring (bicyclic) bond motifs is 14. The van der Waals surface area contributed by atoms with E-state index in [1.807, 2.05) is 54.6 Å². The molecule has 0 N–H and O–H groups in total. The third-order valence-electron chi connectivity index (χ3n) is 10.8. The monoisotopic (exact) mass is 692 g/mol. The molecule has 0 aliphatic heterocycles. The molecule has 5 heteroatoms. The second-order valence-corrected chi connectivity index (χ2v) is 13.9. The lowest BCUT2D eigenvalue weighted by molar-refractivity contribution is 0.623. The SMILES string of the molecule is c1ccc(-c2nc3c(o2)c2ccccc2c2ccc4ccc(N(c5ccc6c(c5)oc5ccccc56)c5ccc6oc7ccccc7c6c5)cc4c23)cc1. The quantitative estimate of drug-likeness (QED) is 0.172. The molecule has 0 fully saturated rings. The van der Waals surface area contributed by atoms with Gasteiger partial charge >= 0.3 is 0 Å². The zero-order chi connectivity index (χ0) is 35.3. The number of rotatable bonds is 4. The van der Waals surface area contributed by atoms with E-state index in [2.05, 4.69) is 120 Å². The first-order valence-electron chi connectivity index (χ1n) is 18.1. The molecule has 12 aromatic rings. The van der Waals surface area contributed by atoms with Crippen LogP contribution in [0, 0.1) is 0 Å². The van der Waals surface area contributed by atoms with Gasteiger partial charge in [-0.3, -0.25) is 0 Å². The van der Waals surface area contributed by atoms with Gasteiger partial charge in [-0.15, -0.1) is 0 Å². The predicted molar refractivity (Wildman–Crippen MR) is 221 cm³/mol. The average Bonchev–Trinajstić information content (AvgIpc) is 3.95. The molecule has 0 radical (unpaired) electrons. The fraction of sp³-hybridized carbons (Fsp3) is 0. The van der Waals surface area contributed by atoms with Crippen LogP contribution in [-0.2, 0) is 0 Å². The molecule has 0 bridgehead atoms. The maximum atomic E-state index is 6.63. The van der Waals surface area contributed by atoms with Gasteiger partial charge in [-0.25, -0.2) is 4.98 Å². The van der Waals surface area contributed by atoms with Crippen LogP contribution in [0.1, 0.15) is 0 Å². The van der Waals surface area contributed by atoms with Gasteiger partial charge in [0.05, 0.1) is 0 Å². The highest BCUT2D eigenvalue weighted by Gasteiger charge is 2.21. The maximum absolute atomic E-state index is 6.63. The molecule has 9 aromatic carbocycles. The summed E-state index contributed by atoms with van der Waals surface area (Å²) in [7, 11) is 0. The Labute approximate surface area is 307 Å². The highest BCUT2D eigenvalue weighted by molar-refractivity contribution is 6.30. The minimum atomic E-state index is 0.609. The Morgan fingerprint density at radius 2 is 0.926 bits per heavy atom. The van der Waals surface area contributed by atoms with E-state index in [9.17, 15) is 0 Å². The molecule has 3 heterocycles. The Morgan fingerprint density at radius 3 is 1.74 bits per heavy atom. The summed E-state index contributed by atoms with van der Waals surface area (Å²) in [6.45, 7) is 0. The maximum Gasteiger partial charge on any atom is 0.227 e. The van der Waals surface area contributed by atoms with Crippen molar-refractivity contribution in [2.45, 2.75) is 0 Å². The standard InChI is InChI=1S/C49H28N2O3/c1-2-10-30(11-3-1)49-50-47-46-38(34-12-4-5-15-39(34)48(47)54-49)23-19-29-18-20-31(26-40(29)46)51(32-22-25-44-41(27-32)36-14-7-9-17-43(36)52-44)33-21-24-37-35-13-6-8-16-42(35)53-45(37)28-33/h1-28H. The first kappa shape index (κ1) is 29.2. The first-order chi connectivity index (χ1) is 26.7. The normalized spacial score (nSPS) is 12.1. The largest absolute Gasteiger partial charge is 0.456 e. The van der Waals surface area contributed by atoms with Gasteiger partial charge < -0.3 is 18.2 Å². The van der Waals surface area contributed by atoms with Gasteiger partial charge in [0.15, 0.2) is 5.58 Å². The van der Waals surface area contributed by atoms with E-state index in [1.54, 1.807) is 0 Å². The zero-order valence-electron chi connectivity index (χ0n) is 28.8. The number of hydrogen-bond donors (Lipinski definition) is 0. The lowest BCUT2D eigenvalue weighted by Gasteiger charge is -2.26. The number of nitrogens with zero attached hydrogens (tertiary/aromatic N) is 2. The number of para-hydroxylation sites is 2. The summed E-state index contributed by atoms with van der Waals surface area (Å²) < 4.78 is 19.3. The van der Waals surface area contributed by atoms with E-state index in [0.29, 0.717) is 5.89 Å². The summed E-state index contributed by atoms with van der Waals surface area (Å²) >= 11 is 0. The van der Waals surface area contributed by atoms with E-state index in [1.165, 1.54) is 0 Å². The molecule has 252 valence electrons. The number of oxazole rings is 1. The van der Waals surface area contributed by atoms with Crippen LogP contribution in [0.2, 0.25) is 0 Å².